The van der Waals surface area contributed by atoms with Crippen LogP contribution < -0.4 is 10.6 Å². The van der Waals surface area contributed by atoms with Crippen molar-refractivity contribution in [3.63, 3.8) is 0 Å². The summed E-state index contributed by atoms with van der Waals surface area (Å²) in [6, 6.07) is 0. The number of rotatable bonds is 5. The number of nitrogens with one attached hydrogen (secondary N) is 2. The van der Waals surface area contributed by atoms with Crippen LogP contribution in [0, 0.1) is 17.8 Å². The molecule has 0 aromatic rings. The van der Waals surface area contributed by atoms with Crippen LogP contribution in [0.25, 0.3) is 0 Å². The summed E-state index contributed by atoms with van der Waals surface area (Å²) in [5, 5.41) is 6.02. The van der Waals surface area contributed by atoms with Gasteiger partial charge in [-0.3, -0.25) is 4.79 Å². The van der Waals surface area contributed by atoms with Gasteiger partial charge in [0.2, 0.25) is 5.91 Å². The highest BCUT2D eigenvalue weighted by atomic mass is 35.5. The van der Waals surface area contributed by atoms with Crippen LogP contribution in [0.15, 0.2) is 0 Å². The van der Waals surface area contributed by atoms with Gasteiger partial charge in [-0.2, -0.15) is 13.2 Å². The lowest BCUT2D eigenvalue weighted by molar-refractivity contribution is -0.195. The smallest absolute Gasteiger partial charge is 0.356 e. The van der Waals surface area contributed by atoms with E-state index in [1.165, 1.54) is 0 Å². The molecule has 2 aliphatic rings. The Kier molecular flexibility index (Phi) is 8.69. The third kappa shape index (κ3) is 6.87. The molecule has 1 saturated heterocycles. The molecule has 0 bridgehead atoms. The van der Waals surface area contributed by atoms with Crippen molar-refractivity contribution in [2.45, 2.75) is 57.5 Å². The fraction of sp³-hybridized carbons (Fsp3) is 0.938. The van der Waals surface area contributed by atoms with E-state index in [1.807, 2.05) is 0 Å². The molecular weight excluding hydrogens is 329 g/mol. The van der Waals surface area contributed by atoms with Crippen LogP contribution in [-0.4, -0.2) is 31.7 Å². The van der Waals surface area contributed by atoms with Gasteiger partial charge in [-0.05, 0) is 57.0 Å². The van der Waals surface area contributed by atoms with Crippen molar-refractivity contribution in [2.75, 3.05) is 19.6 Å². The van der Waals surface area contributed by atoms with Gasteiger partial charge in [0.25, 0.3) is 0 Å². The molecule has 0 aromatic heterocycles. The van der Waals surface area contributed by atoms with Crippen molar-refractivity contribution in [3.05, 3.63) is 0 Å². The maximum Gasteiger partial charge on any atom is 0.392 e. The first-order chi connectivity index (χ1) is 10.5. The van der Waals surface area contributed by atoms with Crippen molar-refractivity contribution >= 4 is 18.3 Å². The number of carbonyl (C=O) groups is 1. The molecule has 23 heavy (non-hydrogen) atoms. The van der Waals surface area contributed by atoms with E-state index < -0.39 is 18.0 Å². The minimum atomic E-state index is -4.13. The Balaban J connectivity index is 0.00000264. The molecule has 2 fully saturated rings. The predicted molar refractivity (Wildman–Crippen MR) is 86.6 cm³/mol. The summed E-state index contributed by atoms with van der Waals surface area (Å²) in [6.07, 6.45) is 1.59. The zero-order chi connectivity index (χ0) is 16.0. The topological polar surface area (TPSA) is 41.1 Å². The lowest BCUT2D eigenvalue weighted by Crippen LogP contribution is -2.40. The fourth-order valence-corrected chi connectivity index (χ4v) is 3.72. The molecule has 1 saturated carbocycles. The van der Waals surface area contributed by atoms with Crippen LogP contribution in [0.2, 0.25) is 0 Å². The first kappa shape index (κ1) is 20.6. The first-order valence-corrected chi connectivity index (χ1v) is 8.51. The number of hydrogen-bond donors (Lipinski definition) is 2. The van der Waals surface area contributed by atoms with Gasteiger partial charge in [-0.15, -0.1) is 12.4 Å². The van der Waals surface area contributed by atoms with Crippen LogP contribution in [0.3, 0.4) is 0 Å². The van der Waals surface area contributed by atoms with Crippen LogP contribution >= 0.6 is 12.4 Å². The van der Waals surface area contributed by atoms with Crippen molar-refractivity contribution in [1.29, 1.82) is 0 Å². The Bertz CT molecular complexity index is 360. The van der Waals surface area contributed by atoms with Gasteiger partial charge in [0.15, 0.2) is 0 Å². The van der Waals surface area contributed by atoms with E-state index in [0.29, 0.717) is 25.2 Å². The average molecular weight is 357 g/mol. The third-order valence-corrected chi connectivity index (χ3v) is 5.13. The molecular formula is C16H28ClF3N2O. The molecule has 1 aliphatic carbocycles. The van der Waals surface area contributed by atoms with Crippen LogP contribution in [0.1, 0.15) is 51.4 Å². The maximum atomic E-state index is 13.0. The molecule has 2 unspecified atom stereocenters. The monoisotopic (exact) mass is 356 g/mol. The molecule has 2 atom stereocenters. The van der Waals surface area contributed by atoms with E-state index in [4.69, 9.17) is 0 Å². The number of carbonyl (C=O) groups excluding carboxylic acids is 1. The molecule has 3 nitrogen and oxygen atoms in total. The predicted octanol–water partition coefficient (Wildman–Crippen LogP) is 3.67. The van der Waals surface area contributed by atoms with Crippen molar-refractivity contribution in [3.8, 4) is 0 Å². The van der Waals surface area contributed by atoms with E-state index in [2.05, 4.69) is 10.6 Å². The van der Waals surface area contributed by atoms with E-state index in [9.17, 15) is 18.0 Å². The van der Waals surface area contributed by atoms with Crippen molar-refractivity contribution in [2.24, 2.45) is 17.8 Å². The lowest BCUT2D eigenvalue weighted by atomic mass is 9.78. The van der Waals surface area contributed by atoms with Gasteiger partial charge in [0.05, 0.1) is 5.92 Å². The standard InChI is InChI=1S/C16H27F3N2O.ClH/c17-16(18,19)14-4-2-1-3-13(14)11-21-15(22)6-5-12-7-9-20-10-8-12;/h12-14,20H,1-11H2,(H,21,22);1H. The quantitative estimate of drug-likeness (QED) is 0.789. The van der Waals surface area contributed by atoms with Gasteiger partial charge in [0, 0.05) is 13.0 Å². The zero-order valence-electron chi connectivity index (χ0n) is 13.5. The normalized spacial score (nSPS) is 26.4. The molecule has 1 amide bonds. The molecule has 2 rings (SSSR count). The second-order valence-electron chi connectivity index (χ2n) is 6.73. The summed E-state index contributed by atoms with van der Waals surface area (Å²) >= 11 is 0. The number of hydrogen-bond acceptors (Lipinski definition) is 2. The second-order valence-corrected chi connectivity index (χ2v) is 6.73. The molecule has 7 heteroatoms. The van der Waals surface area contributed by atoms with Crippen molar-refractivity contribution in [1.82, 2.24) is 10.6 Å². The summed E-state index contributed by atoms with van der Waals surface area (Å²) in [7, 11) is 0. The average Bonchev–Trinajstić information content (AvgIpc) is 2.51. The van der Waals surface area contributed by atoms with Gasteiger partial charge in [-0.1, -0.05) is 12.8 Å². The van der Waals surface area contributed by atoms with Gasteiger partial charge >= 0.3 is 6.18 Å². The van der Waals surface area contributed by atoms with Crippen molar-refractivity contribution < 1.29 is 18.0 Å². The summed E-state index contributed by atoms with van der Waals surface area (Å²) in [6.45, 7) is 2.18. The minimum Gasteiger partial charge on any atom is -0.356 e. The SMILES string of the molecule is Cl.O=C(CCC1CCNCC1)NCC1CCCCC1C(F)(F)F. The Morgan fingerprint density at radius 3 is 2.39 bits per heavy atom. The highest BCUT2D eigenvalue weighted by Crippen LogP contribution is 2.41. The molecule has 0 aromatic carbocycles. The molecule has 2 N–H and O–H groups in total. The van der Waals surface area contributed by atoms with E-state index >= 15 is 0 Å². The maximum absolute atomic E-state index is 13.0. The van der Waals surface area contributed by atoms with Gasteiger partial charge < -0.3 is 10.6 Å². The van der Waals surface area contributed by atoms with Gasteiger partial charge in [-0.25, -0.2) is 0 Å². The van der Waals surface area contributed by atoms with E-state index in [-0.39, 0.29) is 31.3 Å². The molecule has 0 spiro atoms. The first-order valence-electron chi connectivity index (χ1n) is 8.51. The second kappa shape index (κ2) is 9.72. The Morgan fingerprint density at radius 1 is 1.09 bits per heavy atom. The summed E-state index contributed by atoms with van der Waals surface area (Å²) in [5.41, 5.74) is 0. The lowest BCUT2D eigenvalue weighted by Gasteiger charge is -2.33. The minimum absolute atomic E-state index is 0. The van der Waals surface area contributed by atoms with E-state index in [1.54, 1.807) is 0 Å². The number of piperidine rings is 1. The van der Waals surface area contributed by atoms with Gasteiger partial charge in [0.1, 0.15) is 0 Å². The Labute approximate surface area is 142 Å². The third-order valence-electron chi connectivity index (χ3n) is 5.13. The van der Waals surface area contributed by atoms with Crippen LogP contribution in [0.4, 0.5) is 13.2 Å². The molecule has 1 aliphatic heterocycles. The molecule has 0 radical (unpaired) electrons. The Hall–Kier alpha value is -0.490. The largest absolute Gasteiger partial charge is 0.392 e. The summed E-state index contributed by atoms with van der Waals surface area (Å²) < 4.78 is 39.0. The summed E-state index contributed by atoms with van der Waals surface area (Å²) in [5.74, 6) is -1.21. The van der Waals surface area contributed by atoms with E-state index in [0.717, 1.165) is 38.8 Å². The Morgan fingerprint density at radius 2 is 1.74 bits per heavy atom. The molecule has 1 heterocycles. The van der Waals surface area contributed by atoms with Crippen LogP contribution in [0.5, 0.6) is 0 Å². The highest BCUT2D eigenvalue weighted by Gasteiger charge is 2.45. The highest BCUT2D eigenvalue weighted by molar-refractivity contribution is 5.85. The zero-order valence-corrected chi connectivity index (χ0v) is 14.3. The molecule has 136 valence electrons. The summed E-state index contributed by atoms with van der Waals surface area (Å²) in [4.78, 5) is 11.9. The number of alkyl halides is 3. The fourth-order valence-electron chi connectivity index (χ4n) is 3.72. The van der Waals surface area contributed by atoms with Crippen LogP contribution in [-0.2, 0) is 4.79 Å². The number of amides is 1. The number of halogens is 4.